The Balaban J connectivity index is 2.22. The first kappa shape index (κ1) is 10.7. The van der Waals surface area contributed by atoms with E-state index in [9.17, 15) is 8.78 Å². The topological polar surface area (TPSA) is 52.0 Å². The SMILES string of the molecule is Nc1c(F)cccc1-c1nc2ccc(F)cc2o1. The van der Waals surface area contributed by atoms with Crippen LogP contribution in [0.3, 0.4) is 0 Å². The Morgan fingerprint density at radius 3 is 2.78 bits per heavy atom. The van der Waals surface area contributed by atoms with E-state index in [1.165, 1.54) is 30.3 Å². The number of fused-ring (bicyclic) bond motifs is 1. The van der Waals surface area contributed by atoms with Crippen LogP contribution in [0.1, 0.15) is 0 Å². The predicted octanol–water partition coefficient (Wildman–Crippen LogP) is 3.36. The van der Waals surface area contributed by atoms with Gasteiger partial charge in [0.2, 0.25) is 5.89 Å². The van der Waals surface area contributed by atoms with Crippen molar-refractivity contribution in [2.45, 2.75) is 0 Å². The number of aromatic nitrogens is 1. The summed E-state index contributed by atoms with van der Waals surface area (Å²) in [6.45, 7) is 0. The Kier molecular flexibility index (Phi) is 2.26. The molecule has 90 valence electrons. The van der Waals surface area contributed by atoms with Crippen molar-refractivity contribution in [1.82, 2.24) is 4.98 Å². The van der Waals surface area contributed by atoms with E-state index in [-0.39, 0.29) is 11.6 Å². The lowest BCUT2D eigenvalue weighted by molar-refractivity contribution is 0.600. The zero-order valence-electron chi connectivity index (χ0n) is 9.15. The second-order valence-corrected chi connectivity index (χ2v) is 3.83. The summed E-state index contributed by atoms with van der Waals surface area (Å²) >= 11 is 0. The fourth-order valence-corrected chi connectivity index (χ4v) is 1.74. The van der Waals surface area contributed by atoms with Crippen molar-refractivity contribution in [3.05, 3.63) is 48.0 Å². The Bertz CT molecular complexity index is 737. The van der Waals surface area contributed by atoms with Crippen molar-refractivity contribution in [3.8, 4) is 11.5 Å². The molecule has 0 aliphatic carbocycles. The van der Waals surface area contributed by atoms with E-state index in [0.29, 0.717) is 16.7 Å². The van der Waals surface area contributed by atoms with Gasteiger partial charge in [0.05, 0.1) is 11.3 Å². The zero-order valence-corrected chi connectivity index (χ0v) is 9.15. The first-order valence-electron chi connectivity index (χ1n) is 5.25. The molecule has 3 aromatic rings. The third kappa shape index (κ3) is 1.60. The highest BCUT2D eigenvalue weighted by Gasteiger charge is 2.13. The largest absolute Gasteiger partial charge is 0.436 e. The second kappa shape index (κ2) is 3.80. The molecule has 3 nitrogen and oxygen atoms in total. The minimum atomic E-state index is -0.541. The van der Waals surface area contributed by atoms with E-state index in [1.54, 1.807) is 6.07 Å². The number of rotatable bonds is 1. The Morgan fingerprint density at radius 1 is 1.11 bits per heavy atom. The molecule has 0 unspecified atom stereocenters. The molecule has 1 heterocycles. The summed E-state index contributed by atoms with van der Waals surface area (Å²) in [6.07, 6.45) is 0. The van der Waals surface area contributed by atoms with Crippen LogP contribution in [0.25, 0.3) is 22.6 Å². The van der Waals surface area contributed by atoms with Gasteiger partial charge in [0.15, 0.2) is 5.58 Å². The number of nitrogens with two attached hydrogens (primary N) is 1. The van der Waals surface area contributed by atoms with Crippen LogP contribution in [0.5, 0.6) is 0 Å². The van der Waals surface area contributed by atoms with Crippen molar-refractivity contribution in [2.24, 2.45) is 0 Å². The molecular formula is C13H8F2N2O. The number of hydrogen-bond acceptors (Lipinski definition) is 3. The summed E-state index contributed by atoms with van der Waals surface area (Å²) in [5, 5.41) is 0. The summed E-state index contributed by atoms with van der Waals surface area (Å²) < 4.78 is 31.7. The fourth-order valence-electron chi connectivity index (χ4n) is 1.74. The Hall–Kier alpha value is -2.43. The number of halogens is 2. The van der Waals surface area contributed by atoms with Crippen molar-refractivity contribution in [2.75, 3.05) is 5.73 Å². The summed E-state index contributed by atoms with van der Waals surface area (Å²) in [4.78, 5) is 4.15. The highest BCUT2D eigenvalue weighted by atomic mass is 19.1. The molecule has 0 amide bonds. The van der Waals surface area contributed by atoms with Crippen molar-refractivity contribution in [3.63, 3.8) is 0 Å². The van der Waals surface area contributed by atoms with E-state index in [4.69, 9.17) is 10.2 Å². The molecular weight excluding hydrogens is 238 g/mol. The third-order valence-electron chi connectivity index (χ3n) is 2.63. The van der Waals surface area contributed by atoms with E-state index in [2.05, 4.69) is 4.98 Å². The van der Waals surface area contributed by atoms with Crippen molar-refractivity contribution in [1.29, 1.82) is 0 Å². The minimum absolute atomic E-state index is 0.0375. The maximum atomic E-state index is 13.3. The number of hydrogen-bond donors (Lipinski definition) is 1. The minimum Gasteiger partial charge on any atom is -0.436 e. The molecule has 0 fully saturated rings. The van der Waals surface area contributed by atoms with Crippen LogP contribution in [-0.4, -0.2) is 4.98 Å². The quantitative estimate of drug-likeness (QED) is 0.670. The number of para-hydroxylation sites is 1. The number of oxazole rings is 1. The first-order valence-corrected chi connectivity index (χ1v) is 5.25. The molecule has 0 spiro atoms. The van der Waals surface area contributed by atoms with Gasteiger partial charge in [-0.1, -0.05) is 6.07 Å². The monoisotopic (exact) mass is 246 g/mol. The van der Waals surface area contributed by atoms with Gasteiger partial charge in [-0.15, -0.1) is 0 Å². The van der Waals surface area contributed by atoms with E-state index < -0.39 is 11.6 Å². The average Bonchev–Trinajstić information content (AvgIpc) is 2.75. The molecule has 2 N–H and O–H groups in total. The van der Waals surface area contributed by atoms with E-state index >= 15 is 0 Å². The maximum Gasteiger partial charge on any atom is 0.229 e. The van der Waals surface area contributed by atoms with Gasteiger partial charge in [-0.3, -0.25) is 0 Å². The molecule has 18 heavy (non-hydrogen) atoms. The van der Waals surface area contributed by atoms with E-state index in [0.717, 1.165) is 0 Å². The van der Waals surface area contributed by atoms with Crippen LogP contribution in [-0.2, 0) is 0 Å². The van der Waals surface area contributed by atoms with Crippen molar-refractivity contribution >= 4 is 16.8 Å². The lowest BCUT2D eigenvalue weighted by atomic mass is 10.2. The smallest absolute Gasteiger partial charge is 0.229 e. The summed E-state index contributed by atoms with van der Waals surface area (Å²) in [5.74, 6) is -0.786. The Labute approximate surface area is 101 Å². The van der Waals surface area contributed by atoms with Gasteiger partial charge in [0.1, 0.15) is 17.2 Å². The molecule has 3 rings (SSSR count). The maximum absolute atomic E-state index is 13.3. The molecule has 0 saturated carbocycles. The van der Waals surface area contributed by atoms with Crippen LogP contribution in [0.4, 0.5) is 14.5 Å². The number of benzene rings is 2. The van der Waals surface area contributed by atoms with Crippen LogP contribution >= 0.6 is 0 Å². The Morgan fingerprint density at radius 2 is 1.94 bits per heavy atom. The lowest BCUT2D eigenvalue weighted by Crippen LogP contribution is -1.93. The van der Waals surface area contributed by atoms with E-state index in [1.807, 2.05) is 0 Å². The standard InChI is InChI=1S/C13H8F2N2O/c14-7-4-5-10-11(6-7)18-13(17-10)8-2-1-3-9(15)12(8)16/h1-6H,16H2. The zero-order chi connectivity index (χ0) is 12.7. The first-order chi connectivity index (χ1) is 8.65. The molecule has 1 aromatic heterocycles. The molecule has 0 aliphatic heterocycles. The van der Waals surface area contributed by atoms with Gasteiger partial charge in [-0.2, -0.15) is 0 Å². The highest BCUT2D eigenvalue weighted by molar-refractivity contribution is 5.79. The average molecular weight is 246 g/mol. The van der Waals surface area contributed by atoms with Crippen LogP contribution < -0.4 is 5.73 Å². The molecule has 0 bridgehead atoms. The summed E-state index contributed by atoms with van der Waals surface area (Å²) in [5.41, 5.74) is 6.73. The third-order valence-corrected chi connectivity index (χ3v) is 2.63. The lowest BCUT2D eigenvalue weighted by Gasteiger charge is -2.01. The molecule has 5 heteroatoms. The molecule has 0 saturated heterocycles. The molecule has 0 aliphatic rings. The molecule has 0 atom stereocenters. The predicted molar refractivity (Wildman–Crippen MR) is 63.8 cm³/mol. The number of nitrogen functional groups attached to an aromatic ring is 1. The fraction of sp³-hybridized carbons (Fsp3) is 0. The highest BCUT2D eigenvalue weighted by Crippen LogP contribution is 2.30. The second-order valence-electron chi connectivity index (χ2n) is 3.83. The summed E-state index contributed by atoms with van der Waals surface area (Å²) in [7, 11) is 0. The van der Waals surface area contributed by atoms with Crippen LogP contribution in [0.15, 0.2) is 40.8 Å². The summed E-state index contributed by atoms with van der Waals surface area (Å²) in [6, 6.07) is 8.36. The van der Waals surface area contributed by atoms with Gasteiger partial charge in [-0.25, -0.2) is 13.8 Å². The van der Waals surface area contributed by atoms with Gasteiger partial charge in [0.25, 0.3) is 0 Å². The number of nitrogens with zero attached hydrogens (tertiary/aromatic N) is 1. The molecule has 2 aromatic carbocycles. The van der Waals surface area contributed by atoms with Gasteiger partial charge >= 0.3 is 0 Å². The van der Waals surface area contributed by atoms with Crippen LogP contribution in [0.2, 0.25) is 0 Å². The van der Waals surface area contributed by atoms with Gasteiger partial charge in [0, 0.05) is 6.07 Å². The molecule has 0 radical (unpaired) electrons. The van der Waals surface area contributed by atoms with Crippen LogP contribution in [0, 0.1) is 11.6 Å². The normalized spacial score (nSPS) is 11.0. The van der Waals surface area contributed by atoms with Gasteiger partial charge in [-0.05, 0) is 24.3 Å². The van der Waals surface area contributed by atoms with Gasteiger partial charge < -0.3 is 10.2 Å². The number of anilines is 1. The van der Waals surface area contributed by atoms with Crippen molar-refractivity contribution < 1.29 is 13.2 Å².